The summed E-state index contributed by atoms with van der Waals surface area (Å²) in [5, 5.41) is 4.39. The van der Waals surface area contributed by atoms with Crippen molar-refractivity contribution in [2.75, 3.05) is 5.32 Å². The molecule has 0 fully saturated rings. The third kappa shape index (κ3) is 3.70. The number of amides is 1. The Morgan fingerprint density at radius 3 is 2.96 bits per heavy atom. The largest absolute Gasteiger partial charge is 0.465 e. The van der Waals surface area contributed by atoms with E-state index in [-0.39, 0.29) is 16.4 Å². The van der Waals surface area contributed by atoms with Gasteiger partial charge in [0.25, 0.3) is 0 Å². The van der Waals surface area contributed by atoms with Gasteiger partial charge in [-0.05, 0) is 36.4 Å². The van der Waals surface area contributed by atoms with Gasteiger partial charge in [0, 0.05) is 17.0 Å². The molecular weight excluding hydrogens is 322 g/mol. The molecule has 0 saturated heterocycles. The number of anilines is 1. The second kappa shape index (κ2) is 6.53. The molecule has 2 heterocycles. The number of nitrogens with zero attached hydrogens (tertiary/aromatic N) is 1. The van der Waals surface area contributed by atoms with Crippen molar-refractivity contribution in [1.82, 2.24) is 4.98 Å². The van der Waals surface area contributed by atoms with Gasteiger partial charge in [0.1, 0.15) is 17.4 Å². The minimum absolute atomic E-state index is 0.0490. The van der Waals surface area contributed by atoms with Gasteiger partial charge < -0.3 is 4.42 Å². The predicted molar refractivity (Wildman–Crippen MR) is 83.8 cm³/mol. The average Bonchev–Trinajstić information content (AvgIpc) is 3.19. The second-order valence-corrected chi connectivity index (χ2v) is 5.36. The number of rotatable bonds is 4. The highest BCUT2D eigenvalue weighted by Gasteiger charge is 2.11. The summed E-state index contributed by atoms with van der Waals surface area (Å²) < 4.78 is 32.0. The molecule has 0 aliphatic carbocycles. The molecule has 3 rings (SSSR count). The number of furan rings is 1. The van der Waals surface area contributed by atoms with Crippen LogP contribution in [-0.2, 0) is 4.79 Å². The maximum atomic E-state index is 13.7. The molecule has 0 radical (unpaired) electrons. The Kier molecular flexibility index (Phi) is 4.29. The van der Waals surface area contributed by atoms with E-state index in [1.807, 2.05) is 0 Å². The minimum atomic E-state index is -0.577. The normalized spacial score (nSPS) is 11.0. The molecule has 3 aromatic rings. The molecule has 1 N–H and O–H groups in total. The molecule has 4 nitrogen and oxygen atoms in total. The summed E-state index contributed by atoms with van der Waals surface area (Å²) in [6, 6.07) is 6.55. The molecule has 0 aliphatic heterocycles. The van der Waals surface area contributed by atoms with Crippen molar-refractivity contribution in [1.29, 1.82) is 0 Å². The summed E-state index contributed by atoms with van der Waals surface area (Å²) in [7, 11) is 0. The molecular formula is C16H10F2N2O2S. The molecule has 1 amide bonds. The SMILES string of the molecule is O=C(/C=C/c1ccco1)Nc1nc(-c2cc(F)ccc2F)cs1. The summed E-state index contributed by atoms with van der Waals surface area (Å²) in [5.74, 6) is -0.988. The van der Waals surface area contributed by atoms with Gasteiger partial charge in [-0.1, -0.05) is 0 Å². The van der Waals surface area contributed by atoms with Gasteiger partial charge in [0.05, 0.1) is 12.0 Å². The Bertz CT molecular complexity index is 857. The highest BCUT2D eigenvalue weighted by atomic mass is 32.1. The molecule has 1 aromatic carbocycles. The summed E-state index contributed by atoms with van der Waals surface area (Å²) in [6.07, 6.45) is 4.30. The van der Waals surface area contributed by atoms with E-state index in [9.17, 15) is 13.6 Å². The van der Waals surface area contributed by atoms with Crippen LogP contribution in [0.5, 0.6) is 0 Å². The fourth-order valence-electron chi connectivity index (χ4n) is 1.84. The molecule has 0 aliphatic rings. The number of hydrogen-bond donors (Lipinski definition) is 1. The van der Waals surface area contributed by atoms with Crippen LogP contribution in [0.4, 0.5) is 13.9 Å². The summed E-state index contributed by atoms with van der Waals surface area (Å²) >= 11 is 1.12. The van der Waals surface area contributed by atoms with E-state index in [1.165, 1.54) is 18.4 Å². The lowest BCUT2D eigenvalue weighted by molar-refractivity contribution is -0.111. The zero-order valence-corrected chi connectivity index (χ0v) is 12.4. The summed E-state index contributed by atoms with van der Waals surface area (Å²) in [4.78, 5) is 15.9. The zero-order chi connectivity index (χ0) is 16.2. The monoisotopic (exact) mass is 332 g/mol. The fourth-order valence-corrected chi connectivity index (χ4v) is 2.55. The van der Waals surface area contributed by atoms with Gasteiger partial charge in [-0.2, -0.15) is 0 Å². The van der Waals surface area contributed by atoms with Crippen molar-refractivity contribution in [3.63, 3.8) is 0 Å². The topological polar surface area (TPSA) is 55.1 Å². The van der Waals surface area contributed by atoms with Crippen LogP contribution in [0.2, 0.25) is 0 Å². The highest BCUT2D eigenvalue weighted by molar-refractivity contribution is 7.14. The first-order valence-corrected chi connectivity index (χ1v) is 7.43. The van der Waals surface area contributed by atoms with Crippen molar-refractivity contribution >= 4 is 28.5 Å². The lowest BCUT2D eigenvalue weighted by atomic mass is 10.1. The fraction of sp³-hybridized carbons (Fsp3) is 0. The maximum Gasteiger partial charge on any atom is 0.250 e. The van der Waals surface area contributed by atoms with E-state index in [1.54, 1.807) is 17.5 Å². The van der Waals surface area contributed by atoms with Crippen molar-refractivity contribution in [2.24, 2.45) is 0 Å². The quantitative estimate of drug-likeness (QED) is 0.723. The number of benzene rings is 1. The summed E-state index contributed by atoms with van der Waals surface area (Å²) in [6.45, 7) is 0. The van der Waals surface area contributed by atoms with Crippen molar-refractivity contribution in [2.45, 2.75) is 0 Å². The lowest BCUT2D eigenvalue weighted by Gasteiger charge is -1.99. The molecule has 0 atom stereocenters. The number of carbonyl (C=O) groups excluding carboxylic acids is 1. The van der Waals surface area contributed by atoms with Crippen LogP contribution in [0.25, 0.3) is 17.3 Å². The van der Waals surface area contributed by atoms with Crippen LogP contribution in [0.15, 0.2) is 52.5 Å². The first-order chi connectivity index (χ1) is 11.1. The standard InChI is InChI=1S/C16H10F2N2O2S/c17-10-3-5-13(18)12(8-10)14-9-23-16(19-14)20-15(21)6-4-11-2-1-7-22-11/h1-9H,(H,19,20,21)/b6-4+. The molecule has 23 heavy (non-hydrogen) atoms. The first kappa shape index (κ1) is 15.1. The molecule has 2 aromatic heterocycles. The van der Waals surface area contributed by atoms with Crippen molar-refractivity contribution in [3.8, 4) is 11.3 Å². The second-order valence-electron chi connectivity index (χ2n) is 4.50. The van der Waals surface area contributed by atoms with Crippen LogP contribution in [0.3, 0.4) is 0 Å². The maximum absolute atomic E-state index is 13.7. The van der Waals surface area contributed by atoms with E-state index < -0.39 is 17.5 Å². The van der Waals surface area contributed by atoms with E-state index in [0.29, 0.717) is 5.76 Å². The molecule has 0 unspecified atom stereocenters. The Morgan fingerprint density at radius 2 is 2.17 bits per heavy atom. The third-order valence-corrected chi connectivity index (χ3v) is 3.64. The number of halogens is 2. The zero-order valence-electron chi connectivity index (χ0n) is 11.6. The molecule has 0 saturated carbocycles. The molecule has 116 valence electrons. The first-order valence-electron chi connectivity index (χ1n) is 6.55. The van der Waals surface area contributed by atoms with Crippen molar-refractivity contribution < 1.29 is 18.0 Å². The van der Waals surface area contributed by atoms with E-state index in [4.69, 9.17) is 4.42 Å². The number of nitrogens with one attached hydrogen (secondary N) is 1. The van der Waals surface area contributed by atoms with Crippen LogP contribution in [0.1, 0.15) is 5.76 Å². The van der Waals surface area contributed by atoms with Gasteiger partial charge in [-0.25, -0.2) is 13.8 Å². The molecule has 0 bridgehead atoms. The predicted octanol–water partition coefficient (Wildman–Crippen LogP) is 4.33. The molecule has 7 heteroatoms. The number of thiazole rings is 1. The highest BCUT2D eigenvalue weighted by Crippen LogP contribution is 2.27. The van der Waals surface area contributed by atoms with Crippen LogP contribution >= 0.6 is 11.3 Å². The van der Waals surface area contributed by atoms with Crippen LogP contribution in [-0.4, -0.2) is 10.9 Å². The van der Waals surface area contributed by atoms with Crippen molar-refractivity contribution in [3.05, 3.63) is 65.4 Å². The number of carbonyl (C=O) groups is 1. The Morgan fingerprint density at radius 1 is 1.30 bits per heavy atom. The van der Waals surface area contributed by atoms with Gasteiger partial charge in [-0.15, -0.1) is 11.3 Å². The smallest absolute Gasteiger partial charge is 0.250 e. The Hall–Kier alpha value is -2.80. The number of aromatic nitrogens is 1. The minimum Gasteiger partial charge on any atom is -0.465 e. The van der Waals surface area contributed by atoms with Gasteiger partial charge in [0.2, 0.25) is 5.91 Å². The summed E-state index contributed by atoms with van der Waals surface area (Å²) in [5.41, 5.74) is 0.310. The van der Waals surface area contributed by atoms with Crippen LogP contribution < -0.4 is 5.32 Å². The molecule has 0 spiro atoms. The Labute approximate surface area is 134 Å². The average molecular weight is 332 g/mol. The van der Waals surface area contributed by atoms with Gasteiger partial charge in [-0.3, -0.25) is 10.1 Å². The Balaban J connectivity index is 1.72. The van der Waals surface area contributed by atoms with Gasteiger partial charge >= 0.3 is 0 Å². The van der Waals surface area contributed by atoms with E-state index in [0.717, 1.165) is 29.5 Å². The van der Waals surface area contributed by atoms with Crippen LogP contribution in [0, 0.1) is 11.6 Å². The van der Waals surface area contributed by atoms with Gasteiger partial charge in [0.15, 0.2) is 5.13 Å². The number of hydrogen-bond acceptors (Lipinski definition) is 4. The van der Waals surface area contributed by atoms with E-state index >= 15 is 0 Å². The third-order valence-electron chi connectivity index (χ3n) is 2.88. The lowest BCUT2D eigenvalue weighted by Crippen LogP contribution is -2.07. The van der Waals surface area contributed by atoms with E-state index in [2.05, 4.69) is 10.3 Å².